The van der Waals surface area contributed by atoms with E-state index in [0.717, 1.165) is 32.0 Å². The van der Waals surface area contributed by atoms with Crippen LogP contribution in [-0.4, -0.2) is 43.3 Å². The number of hydrogen-bond donors (Lipinski definition) is 0. The zero-order valence-electron chi connectivity index (χ0n) is 13.9. The summed E-state index contributed by atoms with van der Waals surface area (Å²) in [4.78, 5) is 2.42. The number of fused-ring (bicyclic) bond motifs is 1. The molecule has 1 unspecified atom stereocenters. The van der Waals surface area contributed by atoms with Crippen molar-refractivity contribution >= 4 is 10.0 Å². The molecule has 2 aliphatic rings. The summed E-state index contributed by atoms with van der Waals surface area (Å²) in [6, 6.07) is 13.9. The summed E-state index contributed by atoms with van der Waals surface area (Å²) in [7, 11) is -3.63. The average molecular weight is 360 g/mol. The molecule has 4 rings (SSSR count). The largest absolute Gasteiger partial charge is 0.294 e. The van der Waals surface area contributed by atoms with E-state index >= 15 is 0 Å². The predicted octanol–water partition coefficient (Wildman–Crippen LogP) is 2.65. The van der Waals surface area contributed by atoms with Gasteiger partial charge in [0.15, 0.2) is 0 Å². The third-order valence-electron chi connectivity index (χ3n) is 5.24. The number of hydrogen-bond acceptors (Lipinski definition) is 3. The van der Waals surface area contributed by atoms with Crippen LogP contribution in [-0.2, 0) is 23.0 Å². The topological polar surface area (TPSA) is 40.6 Å². The van der Waals surface area contributed by atoms with Crippen LogP contribution in [0, 0.1) is 5.82 Å². The van der Waals surface area contributed by atoms with Crippen LogP contribution in [0.1, 0.15) is 17.5 Å². The normalized spacial score (nSPS) is 22.0. The highest BCUT2D eigenvalue weighted by Gasteiger charge is 2.36. The highest BCUT2D eigenvalue weighted by Crippen LogP contribution is 2.27. The molecule has 0 N–H and O–H groups in total. The molecule has 0 amide bonds. The van der Waals surface area contributed by atoms with E-state index in [1.54, 1.807) is 0 Å². The predicted molar refractivity (Wildman–Crippen MR) is 94.1 cm³/mol. The van der Waals surface area contributed by atoms with E-state index < -0.39 is 15.8 Å². The molecule has 0 spiro atoms. The summed E-state index contributed by atoms with van der Waals surface area (Å²) in [6.07, 6.45) is 1.82. The van der Waals surface area contributed by atoms with E-state index in [-0.39, 0.29) is 10.9 Å². The molecular formula is C19H21FN2O2S. The maximum Gasteiger partial charge on any atom is 0.243 e. The summed E-state index contributed by atoms with van der Waals surface area (Å²) >= 11 is 0. The third kappa shape index (κ3) is 3.21. The molecule has 2 aliphatic heterocycles. The van der Waals surface area contributed by atoms with Gasteiger partial charge < -0.3 is 0 Å². The average Bonchev–Trinajstić information content (AvgIpc) is 3.12. The zero-order valence-corrected chi connectivity index (χ0v) is 14.8. The van der Waals surface area contributed by atoms with Crippen molar-refractivity contribution < 1.29 is 12.8 Å². The van der Waals surface area contributed by atoms with E-state index in [4.69, 9.17) is 0 Å². The first-order valence-electron chi connectivity index (χ1n) is 8.60. The van der Waals surface area contributed by atoms with Crippen molar-refractivity contribution in [2.75, 3.05) is 19.6 Å². The molecule has 1 fully saturated rings. The molecule has 0 radical (unpaired) electrons. The molecule has 2 aromatic rings. The number of benzene rings is 2. The van der Waals surface area contributed by atoms with Crippen molar-refractivity contribution in [3.63, 3.8) is 0 Å². The minimum atomic E-state index is -3.63. The van der Waals surface area contributed by atoms with Gasteiger partial charge in [0.05, 0.1) is 4.90 Å². The van der Waals surface area contributed by atoms with Gasteiger partial charge in [-0.05, 0) is 42.2 Å². The molecule has 4 nitrogen and oxygen atoms in total. The van der Waals surface area contributed by atoms with Gasteiger partial charge in [0.2, 0.25) is 10.0 Å². The van der Waals surface area contributed by atoms with Crippen LogP contribution in [0.2, 0.25) is 0 Å². The summed E-state index contributed by atoms with van der Waals surface area (Å²) < 4.78 is 40.4. The van der Waals surface area contributed by atoms with Gasteiger partial charge in [0, 0.05) is 32.2 Å². The second kappa shape index (κ2) is 6.52. The maximum absolute atomic E-state index is 13.4. The Kier molecular flexibility index (Phi) is 4.35. The van der Waals surface area contributed by atoms with Crippen LogP contribution >= 0.6 is 0 Å². The summed E-state index contributed by atoms with van der Waals surface area (Å²) in [5.74, 6) is -0.524. The lowest BCUT2D eigenvalue weighted by molar-refractivity contribution is 0.185. The number of nitrogens with zero attached hydrogens (tertiary/aromatic N) is 2. The summed E-state index contributed by atoms with van der Waals surface area (Å²) in [5.41, 5.74) is 2.72. The Labute approximate surface area is 147 Å². The molecule has 132 valence electrons. The first-order valence-corrected chi connectivity index (χ1v) is 10.0. The number of halogens is 1. The van der Waals surface area contributed by atoms with E-state index in [1.165, 1.54) is 33.6 Å². The number of rotatable bonds is 3. The Morgan fingerprint density at radius 1 is 1.00 bits per heavy atom. The fourth-order valence-electron chi connectivity index (χ4n) is 3.83. The Balaban J connectivity index is 1.49. The van der Waals surface area contributed by atoms with Crippen molar-refractivity contribution in [2.24, 2.45) is 0 Å². The standard InChI is InChI=1S/C19H21FN2O2S/c20-17-6-3-7-19(12-17)25(23,24)22-11-9-18(14-22)21-10-8-15-4-1-2-5-16(15)13-21/h1-7,12,18H,8-11,13-14H2. The minimum absolute atomic E-state index is 0.0390. The number of sulfonamides is 1. The lowest BCUT2D eigenvalue weighted by Crippen LogP contribution is -2.41. The Hall–Kier alpha value is -1.76. The van der Waals surface area contributed by atoms with Gasteiger partial charge in [-0.15, -0.1) is 0 Å². The van der Waals surface area contributed by atoms with Crippen molar-refractivity contribution in [1.82, 2.24) is 9.21 Å². The van der Waals surface area contributed by atoms with E-state index in [9.17, 15) is 12.8 Å². The zero-order chi connectivity index (χ0) is 17.4. The lowest BCUT2D eigenvalue weighted by Gasteiger charge is -2.33. The second-order valence-electron chi connectivity index (χ2n) is 6.75. The van der Waals surface area contributed by atoms with Crippen molar-refractivity contribution in [3.8, 4) is 0 Å². The molecule has 1 atom stereocenters. The van der Waals surface area contributed by atoms with Gasteiger partial charge in [0.1, 0.15) is 5.82 Å². The molecule has 0 aliphatic carbocycles. The van der Waals surface area contributed by atoms with Crippen LogP contribution in [0.4, 0.5) is 4.39 Å². The first-order chi connectivity index (χ1) is 12.0. The van der Waals surface area contributed by atoms with Crippen LogP contribution in [0.5, 0.6) is 0 Å². The smallest absolute Gasteiger partial charge is 0.243 e. The van der Waals surface area contributed by atoms with Crippen LogP contribution in [0.15, 0.2) is 53.4 Å². The van der Waals surface area contributed by atoms with Crippen molar-refractivity contribution in [3.05, 3.63) is 65.5 Å². The Morgan fingerprint density at radius 3 is 2.60 bits per heavy atom. The van der Waals surface area contributed by atoms with E-state index in [0.29, 0.717) is 13.1 Å². The Morgan fingerprint density at radius 2 is 1.80 bits per heavy atom. The second-order valence-corrected chi connectivity index (χ2v) is 8.69. The van der Waals surface area contributed by atoms with Crippen LogP contribution < -0.4 is 0 Å². The monoisotopic (exact) mass is 360 g/mol. The molecule has 2 aromatic carbocycles. The van der Waals surface area contributed by atoms with Crippen LogP contribution in [0.25, 0.3) is 0 Å². The highest BCUT2D eigenvalue weighted by atomic mass is 32.2. The molecule has 0 aromatic heterocycles. The molecular weight excluding hydrogens is 339 g/mol. The Bertz CT molecular complexity index is 884. The molecule has 2 heterocycles. The fraction of sp³-hybridized carbons (Fsp3) is 0.368. The van der Waals surface area contributed by atoms with Crippen molar-refractivity contribution in [2.45, 2.75) is 30.3 Å². The van der Waals surface area contributed by atoms with Gasteiger partial charge in [-0.2, -0.15) is 4.31 Å². The SMILES string of the molecule is O=S(=O)(c1cccc(F)c1)N1CCC(N2CCc3ccccc3C2)C1. The lowest BCUT2D eigenvalue weighted by atomic mass is 9.98. The molecule has 1 saturated heterocycles. The highest BCUT2D eigenvalue weighted by molar-refractivity contribution is 7.89. The summed E-state index contributed by atoms with van der Waals surface area (Å²) in [5, 5.41) is 0. The fourth-order valence-corrected chi connectivity index (χ4v) is 5.36. The van der Waals surface area contributed by atoms with E-state index in [2.05, 4.69) is 29.2 Å². The van der Waals surface area contributed by atoms with Crippen molar-refractivity contribution in [1.29, 1.82) is 0 Å². The van der Waals surface area contributed by atoms with Gasteiger partial charge in [0.25, 0.3) is 0 Å². The summed E-state index contributed by atoms with van der Waals surface area (Å²) in [6.45, 7) is 2.78. The molecule has 25 heavy (non-hydrogen) atoms. The minimum Gasteiger partial charge on any atom is -0.294 e. The van der Waals surface area contributed by atoms with Gasteiger partial charge in [-0.3, -0.25) is 4.90 Å². The van der Waals surface area contributed by atoms with E-state index in [1.807, 2.05) is 0 Å². The van der Waals surface area contributed by atoms with Gasteiger partial charge in [-0.1, -0.05) is 30.3 Å². The molecule has 6 heteroatoms. The quantitative estimate of drug-likeness (QED) is 0.845. The molecule has 0 bridgehead atoms. The third-order valence-corrected chi connectivity index (χ3v) is 7.10. The first kappa shape index (κ1) is 16.7. The van der Waals surface area contributed by atoms with Crippen LogP contribution in [0.3, 0.4) is 0 Å². The van der Waals surface area contributed by atoms with Gasteiger partial charge in [-0.25, -0.2) is 12.8 Å². The maximum atomic E-state index is 13.4. The molecule has 0 saturated carbocycles. The van der Waals surface area contributed by atoms with Gasteiger partial charge >= 0.3 is 0 Å².